The van der Waals surface area contributed by atoms with Crippen molar-refractivity contribution in [3.8, 4) is 0 Å². The zero-order valence-electron chi connectivity index (χ0n) is 17.9. The number of amides is 2. The topological polar surface area (TPSA) is 80.4 Å². The molecule has 7 nitrogen and oxygen atoms in total. The lowest BCUT2D eigenvalue weighted by atomic mass is 9.74. The lowest BCUT2D eigenvalue weighted by Gasteiger charge is -2.40. The highest BCUT2D eigenvalue weighted by Gasteiger charge is 2.42. The molecule has 156 valence electrons. The third kappa shape index (κ3) is 3.70. The highest BCUT2D eigenvalue weighted by Crippen LogP contribution is 2.43. The van der Waals surface area contributed by atoms with Gasteiger partial charge in [0.25, 0.3) is 0 Å². The molecule has 1 N–H and O–H groups in total. The molecule has 2 aromatic rings. The van der Waals surface area contributed by atoms with E-state index in [1.54, 1.807) is 22.8 Å². The minimum absolute atomic E-state index is 0.00861. The highest BCUT2D eigenvalue weighted by atomic mass is 16.3. The van der Waals surface area contributed by atoms with Gasteiger partial charge in [-0.3, -0.25) is 14.3 Å². The van der Waals surface area contributed by atoms with E-state index in [1.165, 1.54) is 0 Å². The Bertz CT molecular complexity index is 942. The number of piperidine rings is 1. The Kier molecular flexibility index (Phi) is 4.79. The van der Waals surface area contributed by atoms with E-state index >= 15 is 0 Å². The molecule has 7 heteroatoms. The fraction of sp³-hybridized carbons (Fsp3) is 0.591. The first kappa shape index (κ1) is 19.7. The Hall–Kier alpha value is -2.57. The normalized spacial score (nSPS) is 26.3. The third-order valence-electron chi connectivity index (χ3n) is 6.32. The van der Waals surface area contributed by atoms with E-state index in [2.05, 4.69) is 24.3 Å². The molecule has 1 aliphatic carbocycles. The van der Waals surface area contributed by atoms with Crippen LogP contribution in [0.15, 0.2) is 22.9 Å². The molecule has 0 bridgehead atoms. The molecule has 3 atom stereocenters. The summed E-state index contributed by atoms with van der Waals surface area (Å²) in [6.07, 6.45) is 6.31. The number of rotatable bonds is 3. The second kappa shape index (κ2) is 7.04. The number of fused-ring (bicyclic) bond motifs is 1. The van der Waals surface area contributed by atoms with E-state index in [0.717, 1.165) is 35.5 Å². The van der Waals surface area contributed by atoms with Crippen LogP contribution in [-0.4, -0.2) is 33.5 Å². The number of hydrogen-bond acceptors (Lipinski definition) is 4. The predicted molar refractivity (Wildman–Crippen MR) is 108 cm³/mol. The number of nitrogens with one attached hydrogen (secondary N) is 1. The Morgan fingerprint density at radius 1 is 1.34 bits per heavy atom. The van der Waals surface area contributed by atoms with Gasteiger partial charge in [-0.25, -0.2) is 0 Å². The maximum absolute atomic E-state index is 13.4. The number of aryl methyl sites for hydroxylation is 2. The summed E-state index contributed by atoms with van der Waals surface area (Å²) < 4.78 is 7.62. The zero-order chi connectivity index (χ0) is 20.9. The smallest absolute Gasteiger partial charge is 0.226 e. The van der Waals surface area contributed by atoms with Crippen molar-refractivity contribution in [2.24, 2.45) is 18.4 Å². The first-order valence-corrected chi connectivity index (χ1v) is 10.3. The molecule has 2 aromatic heterocycles. The summed E-state index contributed by atoms with van der Waals surface area (Å²) in [7, 11) is 3.62. The molecule has 2 aliphatic rings. The summed E-state index contributed by atoms with van der Waals surface area (Å²) in [6, 6.07) is 1.67. The largest absolute Gasteiger partial charge is 0.466 e. The molecule has 0 spiro atoms. The van der Waals surface area contributed by atoms with Gasteiger partial charge in [-0.05, 0) is 31.2 Å². The summed E-state index contributed by atoms with van der Waals surface area (Å²) in [5.41, 5.74) is 2.04. The number of carbonyl (C=O) groups excluding carboxylic acids is 2. The van der Waals surface area contributed by atoms with E-state index in [1.807, 2.05) is 26.2 Å². The van der Waals surface area contributed by atoms with Crippen molar-refractivity contribution in [1.82, 2.24) is 20.0 Å². The van der Waals surface area contributed by atoms with Gasteiger partial charge in [-0.2, -0.15) is 5.10 Å². The predicted octanol–water partition coefficient (Wildman–Crippen LogP) is 3.06. The van der Waals surface area contributed by atoms with Crippen LogP contribution in [0.25, 0.3) is 0 Å². The monoisotopic (exact) mass is 398 g/mol. The first-order valence-electron chi connectivity index (χ1n) is 10.3. The number of furan rings is 1. The minimum atomic E-state index is -0.302. The fourth-order valence-corrected chi connectivity index (χ4v) is 4.95. The lowest BCUT2D eigenvalue weighted by molar-refractivity contribution is -0.142. The summed E-state index contributed by atoms with van der Waals surface area (Å²) in [6.45, 7) is 6.36. The molecule has 1 fully saturated rings. The average Bonchev–Trinajstić information content (AvgIpc) is 3.21. The average molecular weight is 399 g/mol. The van der Waals surface area contributed by atoms with Gasteiger partial charge in [0.05, 0.1) is 24.2 Å². The van der Waals surface area contributed by atoms with Crippen LogP contribution in [-0.2, 0) is 23.1 Å². The van der Waals surface area contributed by atoms with Crippen molar-refractivity contribution >= 4 is 11.8 Å². The molecule has 1 saturated heterocycles. The molecule has 4 rings (SSSR count). The lowest BCUT2D eigenvalue weighted by Crippen LogP contribution is -2.47. The van der Waals surface area contributed by atoms with Gasteiger partial charge in [0, 0.05) is 44.3 Å². The Morgan fingerprint density at radius 3 is 2.79 bits per heavy atom. The number of likely N-dealkylation sites (tertiary alicyclic amines) is 1. The van der Waals surface area contributed by atoms with Gasteiger partial charge in [0.15, 0.2) is 0 Å². The van der Waals surface area contributed by atoms with Crippen LogP contribution in [0.1, 0.15) is 67.8 Å². The molecular weight excluding hydrogens is 368 g/mol. The molecule has 0 saturated carbocycles. The summed E-state index contributed by atoms with van der Waals surface area (Å²) in [5.74, 6) is 1.61. The van der Waals surface area contributed by atoms with E-state index in [0.29, 0.717) is 12.8 Å². The van der Waals surface area contributed by atoms with Crippen molar-refractivity contribution < 1.29 is 14.0 Å². The third-order valence-corrected chi connectivity index (χ3v) is 6.32. The van der Waals surface area contributed by atoms with Gasteiger partial charge in [-0.15, -0.1) is 0 Å². The van der Waals surface area contributed by atoms with Gasteiger partial charge in [-0.1, -0.05) is 13.8 Å². The fourth-order valence-electron chi connectivity index (χ4n) is 4.95. The summed E-state index contributed by atoms with van der Waals surface area (Å²) in [5, 5.41) is 7.54. The van der Waals surface area contributed by atoms with Crippen LogP contribution in [0.3, 0.4) is 0 Å². The van der Waals surface area contributed by atoms with Crippen molar-refractivity contribution in [1.29, 1.82) is 0 Å². The van der Waals surface area contributed by atoms with Crippen LogP contribution in [0.2, 0.25) is 0 Å². The molecule has 1 aliphatic heterocycles. The van der Waals surface area contributed by atoms with Crippen LogP contribution in [0.5, 0.6) is 0 Å². The van der Waals surface area contributed by atoms with Gasteiger partial charge >= 0.3 is 0 Å². The Balaban J connectivity index is 1.60. The van der Waals surface area contributed by atoms with Crippen LogP contribution in [0.4, 0.5) is 0 Å². The van der Waals surface area contributed by atoms with E-state index in [4.69, 9.17) is 4.42 Å². The van der Waals surface area contributed by atoms with Crippen molar-refractivity contribution in [2.75, 3.05) is 7.05 Å². The van der Waals surface area contributed by atoms with E-state index in [-0.39, 0.29) is 35.2 Å². The van der Waals surface area contributed by atoms with Crippen LogP contribution in [0, 0.1) is 18.3 Å². The maximum atomic E-state index is 13.4. The molecule has 3 unspecified atom stereocenters. The number of aromatic nitrogens is 2. The van der Waals surface area contributed by atoms with Gasteiger partial charge in [0.1, 0.15) is 11.5 Å². The number of hydrogen-bond donors (Lipinski definition) is 1. The molecule has 3 heterocycles. The van der Waals surface area contributed by atoms with Crippen LogP contribution < -0.4 is 5.32 Å². The van der Waals surface area contributed by atoms with E-state index in [9.17, 15) is 9.59 Å². The second-order valence-electron chi connectivity index (χ2n) is 9.38. The molecule has 0 radical (unpaired) electrons. The minimum Gasteiger partial charge on any atom is -0.466 e. The quantitative estimate of drug-likeness (QED) is 0.862. The molecule has 29 heavy (non-hydrogen) atoms. The van der Waals surface area contributed by atoms with Crippen molar-refractivity contribution in [3.63, 3.8) is 0 Å². The van der Waals surface area contributed by atoms with E-state index < -0.39 is 0 Å². The SMILES string of the molecule is Cc1cc2c(o1)CC(C)(C)CC2NC(=O)C1CCC(=O)N(C)C1c1cnn(C)c1. The second-order valence-corrected chi connectivity index (χ2v) is 9.38. The highest BCUT2D eigenvalue weighted by molar-refractivity contribution is 5.85. The number of carbonyl (C=O) groups is 2. The zero-order valence-corrected chi connectivity index (χ0v) is 17.9. The molecule has 0 aromatic carbocycles. The summed E-state index contributed by atoms with van der Waals surface area (Å²) >= 11 is 0. The van der Waals surface area contributed by atoms with Crippen LogP contribution >= 0.6 is 0 Å². The first-order chi connectivity index (χ1) is 13.6. The number of nitrogens with zero attached hydrogens (tertiary/aromatic N) is 3. The Labute approximate surface area is 171 Å². The van der Waals surface area contributed by atoms with Gasteiger partial charge < -0.3 is 14.6 Å². The maximum Gasteiger partial charge on any atom is 0.226 e. The summed E-state index contributed by atoms with van der Waals surface area (Å²) in [4.78, 5) is 27.5. The molecule has 2 amide bonds. The van der Waals surface area contributed by atoms with Crippen molar-refractivity contribution in [2.45, 2.75) is 58.5 Å². The molecular formula is C22H30N4O3. The Morgan fingerprint density at radius 2 is 2.10 bits per heavy atom. The standard InChI is InChI=1S/C22H30N4O3/c1-13-8-16-17(9-22(2,3)10-18(16)29-13)24-21(28)15-6-7-19(27)26(5)20(15)14-11-23-25(4)12-14/h8,11-12,15,17,20H,6-7,9-10H2,1-5H3,(H,24,28). The van der Waals surface area contributed by atoms with Gasteiger partial charge in [0.2, 0.25) is 11.8 Å². The van der Waals surface area contributed by atoms with Crippen molar-refractivity contribution in [3.05, 3.63) is 41.1 Å².